The van der Waals surface area contributed by atoms with E-state index < -0.39 is 11.4 Å². The molecule has 1 aliphatic rings. The zero-order chi connectivity index (χ0) is 25.8. The zero-order valence-corrected chi connectivity index (χ0v) is 21.1. The van der Waals surface area contributed by atoms with E-state index in [1.807, 2.05) is 24.3 Å². The molecule has 11 heteroatoms. The maximum atomic E-state index is 13.3. The van der Waals surface area contributed by atoms with Gasteiger partial charge in [-0.25, -0.2) is 9.97 Å². The summed E-state index contributed by atoms with van der Waals surface area (Å²) in [5.74, 6) is 1.77. The summed E-state index contributed by atoms with van der Waals surface area (Å²) in [6.07, 6.45) is 0. The van der Waals surface area contributed by atoms with Gasteiger partial charge in [-0.05, 0) is 24.3 Å². The molecule has 0 bridgehead atoms. The zero-order valence-electron chi connectivity index (χ0n) is 20.3. The molecule has 1 aliphatic heterocycles. The fourth-order valence-corrected chi connectivity index (χ4v) is 4.60. The smallest absolute Gasteiger partial charge is 0.230 e. The first-order valence-electron chi connectivity index (χ1n) is 11.6. The molecule has 1 aromatic heterocycles. The van der Waals surface area contributed by atoms with Crippen LogP contribution in [0.15, 0.2) is 71.6 Å². The number of benzene rings is 3. The quantitative estimate of drug-likeness (QED) is 0.245. The van der Waals surface area contributed by atoms with Crippen molar-refractivity contribution in [3.8, 4) is 11.5 Å². The van der Waals surface area contributed by atoms with E-state index in [4.69, 9.17) is 14.5 Å². The number of fused-ring (bicyclic) bond motifs is 1. The number of hydrogen-bond acceptors (Lipinski definition) is 9. The third-order valence-corrected chi connectivity index (χ3v) is 6.90. The van der Waals surface area contributed by atoms with Crippen LogP contribution in [0.5, 0.6) is 11.5 Å². The van der Waals surface area contributed by atoms with Crippen LogP contribution in [0.4, 0.5) is 23.0 Å². The van der Waals surface area contributed by atoms with E-state index >= 15 is 0 Å². The van der Waals surface area contributed by atoms with E-state index in [1.165, 1.54) is 0 Å². The van der Waals surface area contributed by atoms with Crippen molar-refractivity contribution in [3.63, 3.8) is 0 Å². The van der Waals surface area contributed by atoms with Crippen molar-refractivity contribution in [2.75, 3.05) is 42.7 Å². The second-order valence-electron chi connectivity index (χ2n) is 8.38. The molecule has 37 heavy (non-hydrogen) atoms. The van der Waals surface area contributed by atoms with Gasteiger partial charge in [0, 0.05) is 48.7 Å². The largest absolute Gasteiger partial charge is 0.588 e. The van der Waals surface area contributed by atoms with Crippen LogP contribution >= 0.6 is 0 Å². The Labute approximate surface area is 217 Å². The van der Waals surface area contributed by atoms with Crippen molar-refractivity contribution < 1.29 is 18.8 Å². The van der Waals surface area contributed by atoms with Gasteiger partial charge in [-0.2, -0.15) is 4.72 Å². The Balaban J connectivity index is 1.43. The minimum Gasteiger partial charge on any atom is -0.588 e. The SMILES string of the molecule is COc1cc(Nc2nc3ccccc3nc2N[S@@+]([O-])c2cccc(NC(=O)C3CNC3)c2)cc(OC)c1. The van der Waals surface area contributed by atoms with Crippen LogP contribution in [0.1, 0.15) is 0 Å². The molecule has 1 atom stereocenters. The Morgan fingerprint density at radius 2 is 1.59 bits per heavy atom. The second kappa shape index (κ2) is 10.9. The number of methoxy groups -OCH3 is 2. The molecule has 1 fully saturated rings. The molecule has 5 rings (SSSR count). The lowest BCUT2D eigenvalue weighted by atomic mass is 10.0. The predicted octanol–water partition coefficient (Wildman–Crippen LogP) is 3.68. The summed E-state index contributed by atoms with van der Waals surface area (Å²) >= 11 is -1.69. The van der Waals surface area contributed by atoms with Crippen LogP contribution in [0, 0.1) is 5.92 Å². The molecule has 2 heterocycles. The normalized spacial score (nSPS) is 13.9. The number of para-hydroxylation sites is 2. The lowest BCUT2D eigenvalue weighted by Crippen LogP contribution is -2.48. The summed E-state index contributed by atoms with van der Waals surface area (Å²) in [5.41, 5.74) is 2.55. The average molecular weight is 519 g/mol. The number of rotatable bonds is 9. The van der Waals surface area contributed by atoms with Gasteiger partial charge >= 0.3 is 0 Å². The van der Waals surface area contributed by atoms with Gasteiger partial charge in [0.15, 0.2) is 10.7 Å². The van der Waals surface area contributed by atoms with Crippen LogP contribution in [-0.2, 0) is 16.2 Å². The minimum absolute atomic E-state index is 0.0518. The first-order valence-corrected chi connectivity index (χ1v) is 12.7. The van der Waals surface area contributed by atoms with Crippen molar-refractivity contribution in [2.45, 2.75) is 4.90 Å². The Bertz CT molecular complexity index is 1410. The Hall–Kier alpha value is -4.06. The Morgan fingerprint density at radius 1 is 0.919 bits per heavy atom. The van der Waals surface area contributed by atoms with Gasteiger partial charge < -0.3 is 30.0 Å². The van der Waals surface area contributed by atoms with Gasteiger partial charge in [0.2, 0.25) is 11.7 Å². The van der Waals surface area contributed by atoms with Crippen molar-refractivity contribution >= 4 is 51.3 Å². The van der Waals surface area contributed by atoms with E-state index in [-0.39, 0.29) is 11.8 Å². The highest BCUT2D eigenvalue weighted by Gasteiger charge is 2.25. The van der Waals surface area contributed by atoms with E-state index in [1.54, 1.807) is 56.7 Å². The third-order valence-electron chi connectivity index (χ3n) is 5.84. The highest BCUT2D eigenvalue weighted by molar-refractivity contribution is 7.92. The Morgan fingerprint density at radius 3 is 2.22 bits per heavy atom. The lowest BCUT2D eigenvalue weighted by molar-refractivity contribution is -0.121. The number of amides is 1. The Kier molecular flexibility index (Phi) is 7.26. The molecule has 10 nitrogen and oxygen atoms in total. The van der Waals surface area contributed by atoms with Crippen LogP contribution in [-0.4, -0.2) is 47.7 Å². The maximum absolute atomic E-state index is 13.3. The highest BCUT2D eigenvalue weighted by Crippen LogP contribution is 2.31. The van der Waals surface area contributed by atoms with Gasteiger partial charge in [-0.1, -0.05) is 18.2 Å². The van der Waals surface area contributed by atoms with E-state index in [0.29, 0.717) is 63.5 Å². The number of nitrogens with one attached hydrogen (secondary N) is 4. The topological polar surface area (TPSA) is 132 Å². The van der Waals surface area contributed by atoms with Crippen molar-refractivity contribution in [1.29, 1.82) is 0 Å². The second-order valence-corrected chi connectivity index (χ2v) is 9.59. The number of ether oxygens (including phenoxy) is 2. The number of aromatic nitrogens is 2. The van der Waals surface area contributed by atoms with E-state index in [9.17, 15) is 9.35 Å². The molecule has 0 spiro atoms. The van der Waals surface area contributed by atoms with Crippen molar-refractivity contribution in [3.05, 3.63) is 66.7 Å². The monoisotopic (exact) mass is 518 g/mol. The number of nitrogens with zero attached hydrogens (tertiary/aromatic N) is 2. The highest BCUT2D eigenvalue weighted by atomic mass is 32.2. The minimum atomic E-state index is -1.69. The van der Waals surface area contributed by atoms with Gasteiger partial charge in [-0.3, -0.25) is 4.79 Å². The molecule has 1 amide bonds. The average Bonchev–Trinajstić information content (AvgIpc) is 2.87. The number of hydrogen-bond donors (Lipinski definition) is 4. The summed E-state index contributed by atoms with van der Waals surface area (Å²) < 4.78 is 27.0. The lowest BCUT2D eigenvalue weighted by Gasteiger charge is -2.25. The summed E-state index contributed by atoms with van der Waals surface area (Å²) in [7, 11) is 3.15. The van der Waals surface area contributed by atoms with Gasteiger partial charge in [-0.15, -0.1) is 0 Å². The molecule has 1 saturated heterocycles. The molecule has 4 aromatic rings. The van der Waals surface area contributed by atoms with Crippen LogP contribution in [0.25, 0.3) is 11.0 Å². The maximum Gasteiger partial charge on any atom is 0.230 e. The molecule has 0 radical (unpaired) electrons. The van der Waals surface area contributed by atoms with Crippen LogP contribution in [0.2, 0.25) is 0 Å². The van der Waals surface area contributed by atoms with Crippen molar-refractivity contribution in [2.24, 2.45) is 5.92 Å². The van der Waals surface area contributed by atoms with Crippen LogP contribution < -0.4 is 30.1 Å². The van der Waals surface area contributed by atoms with Gasteiger partial charge in [0.1, 0.15) is 22.9 Å². The van der Waals surface area contributed by atoms with Crippen LogP contribution in [0.3, 0.4) is 0 Å². The summed E-state index contributed by atoms with van der Waals surface area (Å²) in [4.78, 5) is 22.2. The predicted molar refractivity (Wildman–Crippen MR) is 144 cm³/mol. The van der Waals surface area contributed by atoms with E-state index in [0.717, 1.165) is 0 Å². The summed E-state index contributed by atoms with van der Waals surface area (Å²) in [6.45, 7) is 1.32. The number of anilines is 4. The molecule has 0 aliphatic carbocycles. The summed E-state index contributed by atoms with van der Waals surface area (Å²) in [6, 6.07) is 19.7. The standard InChI is InChI=1S/C26H26N6O4S/c1-35-19-10-18(11-20(13-19)36-2)28-24-25(31-23-9-4-3-8-22(23)30-24)32-37(34)21-7-5-6-17(12-21)29-26(33)16-14-27-15-16/h3-13,16,27H,14-15H2,1-2H3,(H,28,30)(H,29,33)(H,31,32)/t37-/m0/s1. The molecular weight excluding hydrogens is 492 g/mol. The van der Waals surface area contributed by atoms with Gasteiger partial charge in [0.05, 0.1) is 31.2 Å². The molecule has 0 saturated carbocycles. The molecule has 4 N–H and O–H groups in total. The molecule has 190 valence electrons. The molecule has 3 aromatic carbocycles. The van der Waals surface area contributed by atoms with Gasteiger partial charge in [0.25, 0.3) is 0 Å². The molecular formula is C26H26N6O4S. The molecule has 0 unspecified atom stereocenters. The fourth-order valence-electron chi connectivity index (χ4n) is 3.73. The first-order chi connectivity index (χ1) is 18.0. The third kappa shape index (κ3) is 5.69. The van der Waals surface area contributed by atoms with E-state index in [2.05, 4.69) is 25.7 Å². The fraction of sp³-hybridized carbons (Fsp3) is 0.192. The number of carbonyl (C=O) groups excluding carboxylic acids is 1. The number of carbonyl (C=O) groups is 1. The first kappa shape index (κ1) is 24.6. The van der Waals surface area contributed by atoms with Crippen molar-refractivity contribution in [1.82, 2.24) is 15.3 Å². The summed E-state index contributed by atoms with van der Waals surface area (Å²) in [5, 5.41) is 9.21.